The van der Waals surface area contributed by atoms with Gasteiger partial charge in [-0.1, -0.05) is 0 Å². The van der Waals surface area contributed by atoms with Crippen LogP contribution >= 0.6 is 12.6 Å². The molecule has 0 N–H and O–H groups in total. The first kappa shape index (κ1) is 9.48. The van der Waals surface area contributed by atoms with E-state index in [-0.39, 0.29) is 0 Å². The monoisotopic (exact) mass is 181 g/mol. The van der Waals surface area contributed by atoms with Crippen molar-refractivity contribution in [2.75, 3.05) is 6.61 Å². The highest BCUT2D eigenvalue weighted by molar-refractivity contribution is 7.80. The van der Waals surface area contributed by atoms with Crippen LogP contribution in [0.2, 0.25) is 0 Å². The maximum Gasteiger partial charge on any atom is 0.572 e. The fourth-order valence-electron chi connectivity index (χ4n) is 0.682. The maximum atomic E-state index is 5.12. The summed E-state index contributed by atoms with van der Waals surface area (Å²) in [6.45, 7) is 2.52. The van der Waals surface area contributed by atoms with Crippen molar-refractivity contribution < 1.29 is 9.31 Å². The number of benzene rings is 1. The van der Waals surface area contributed by atoms with Crippen molar-refractivity contribution in [1.29, 1.82) is 0 Å². The van der Waals surface area contributed by atoms with E-state index in [1.54, 1.807) is 0 Å². The molecular weight excluding hydrogens is 171 g/mol. The lowest BCUT2D eigenvalue weighted by Crippen LogP contribution is -2.06. The molecule has 2 nitrogen and oxygen atoms in total. The van der Waals surface area contributed by atoms with Gasteiger partial charge in [0.25, 0.3) is 0 Å². The maximum absolute atomic E-state index is 5.12. The van der Waals surface area contributed by atoms with E-state index in [0.717, 1.165) is 10.6 Å². The third kappa shape index (κ3) is 3.20. The molecule has 0 aliphatic rings. The van der Waals surface area contributed by atoms with E-state index in [2.05, 4.69) is 12.6 Å². The third-order valence-electron chi connectivity index (χ3n) is 1.26. The lowest BCUT2D eigenvalue weighted by atomic mass is 10.3. The molecule has 1 aromatic carbocycles. The van der Waals surface area contributed by atoms with Gasteiger partial charge in [-0.25, -0.2) is 0 Å². The third-order valence-corrected chi connectivity index (χ3v) is 1.55. The topological polar surface area (TPSA) is 18.5 Å². The number of hydrogen-bond donors (Lipinski definition) is 1. The van der Waals surface area contributed by atoms with Gasteiger partial charge in [-0.2, -0.15) is 0 Å². The first-order valence-corrected chi connectivity index (χ1v) is 4.16. The summed E-state index contributed by atoms with van der Waals surface area (Å²) >= 11 is 4.14. The highest BCUT2D eigenvalue weighted by Crippen LogP contribution is 2.13. The second kappa shape index (κ2) is 5.11. The number of thiol groups is 1. The second-order valence-corrected chi connectivity index (χ2v) is 2.68. The van der Waals surface area contributed by atoms with Crippen molar-refractivity contribution in [3.63, 3.8) is 0 Å². The molecule has 1 aromatic rings. The largest absolute Gasteiger partial charge is 0.572 e. The average Bonchev–Trinajstić information content (AvgIpc) is 2.09. The van der Waals surface area contributed by atoms with Crippen molar-refractivity contribution in [2.24, 2.45) is 0 Å². The van der Waals surface area contributed by atoms with Crippen molar-refractivity contribution in [3.05, 3.63) is 24.3 Å². The van der Waals surface area contributed by atoms with Gasteiger partial charge < -0.3 is 9.31 Å². The van der Waals surface area contributed by atoms with E-state index >= 15 is 0 Å². The average molecular weight is 181 g/mol. The zero-order valence-electron chi connectivity index (χ0n) is 6.86. The summed E-state index contributed by atoms with van der Waals surface area (Å²) in [7, 11) is 1.33. The van der Waals surface area contributed by atoms with Crippen LogP contribution in [0.4, 0.5) is 0 Å². The molecule has 0 bridgehead atoms. The van der Waals surface area contributed by atoms with E-state index in [1.165, 1.54) is 7.69 Å². The second-order valence-electron chi connectivity index (χ2n) is 2.16. The summed E-state index contributed by atoms with van der Waals surface area (Å²) in [6.07, 6.45) is 0. The summed E-state index contributed by atoms with van der Waals surface area (Å²) < 4.78 is 10.0. The van der Waals surface area contributed by atoms with Gasteiger partial charge in [-0.15, -0.1) is 12.6 Å². The van der Waals surface area contributed by atoms with Crippen LogP contribution in [0.25, 0.3) is 0 Å². The summed E-state index contributed by atoms with van der Waals surface area (Å²) in [5.74, 6) is 0.751. The van der Waals surface area contributed by atoms with Gasteiger partial charge in [0.15, 0.2) is 0 Å². The van der Waals surface area contributed by atoms with Crippen molar-refractivity contribution in [1.82, 2.24) is 0 Å². The Balaban J connectivity index is 2.37. The van der Waals surface area contributed by atoms with Gasteiger partial charge in [0.2, 0.25) is 0 Å². The van der Waals surface area contributed by atoms with Gasteiger partial charge in [-0.05, 0) is 31.2 Å². The van der Waals surface area contributed by atoms with Crippen molar-refractivity contribution in [3.8, 4) is 5.75 Å². The van der Waals surface area contributed by atoms with Gasteiger partial charge >= 0.3 is 7.69 Å². The van der Waals surface area contributed by atoms with Crippen molar-refractivity contribution in [2.45, 2.75) is 11.8 Å². The molecule has 0 amide bonds. The quantitative estimate of drug-likeness (QED) is 0.434. The minimum Gasteiger partial charge on any atom is -0.537 e. The lowest BCUT2D eigenvalue weighted by Gasteiger charge is -2.03. The zero-order chi connectivity index (χ0) is 8.81. The van der Waals surface area contributed by atoms with Crippen LogP contribution in [0.3, 0.4) is 0 Å². The zero-order valence-corrected chi connectivity index (χ0v) is 7.75. The molecular formula is C8H10BO2S. The smallest absolute Gasteiger partial charge is 0.537 e. The highest BCUT2D eigenvalue weighted by Gasteiger charge is 1.95. The molecule has 0 fully saturated rings. The molecule has 0 atom stereocenters. The standard InChI is InChI=1S/C8H10BO2S/c1-2-10-9-11-7-3-5-8(12)6-4-7/h3-6,12H,2H2,1H3. The minimum absolute atomic E-state index is 0.616. The van der Waals surface area contributed by atoms with Crippen LogP contribution in [-0.4, -0.2) is 14.3 Å². The minimum atomic E-state index is 0.616. The molecule has 0 heterocycles. The fraction of sp³-hybridized carbons (Fsp3) is 0.250. The molecule has 1 rings (SSSR count). The predicted octanol–water partition coefficient (Wildman–Crippen LogP) is 1.92. The molecule has 12 heavy (non-hydrogen) atoms. The van der Waals surface area contributed by atoms with Crippen LogP contribution in [0.1, 0.15) is 6.92 Å². The van der Waals surface area contributed by atoms with E-state index in [4.69, 9.17) is 9.31 Å². The molecule has 0 aliphatic heterocycles. The molecule has 0 unspecified atom stereocenters. The summed E-state index contributed by atoms with van der Waals surface area (Å²) in [6, 6.07) is 7.38. The summed E-state index contributed by atoms with van der Waals surface area (Å²) in [4.78, 5) is 0.916. The van der Waals surface area contributed by atoms with Gasteiger partial charge in [-0.3, -0.25) is 0 Å². The molecule has 0 aromatic heterocycles. The van der Waals surface area contributed by atoms with Crippen LogP contribution in [0, 0.1) is 0 Å². The van der Waals surface area contributed by atoms with Crippen LogP contribution in [0.15, 0.2) is 29.2 Å². The van der Waals surface area contributed by atoms with E-state index in [0.29, 0.717) is 6.61 Å². The summed E-state index contributed by atoms with van der Waals surface area (Å²) in [5, 5.41) is 0. The predicted molar refractivity (Wildman–Crippen MR) is 51.7 cm³/mol. The van der Waals surface area contributed by atoms with Gasteiger partial charge in [0, 0.05) is 11.5 Å². The van der Waals surface area contributed by atoms with E-state index in [9.17, 15) is 0 Å². The highest BCUT2D eigenvalue weighted by atomic mass is 32.1. The Morgan fingerprint density at radius 2 is 2.00 bits per heavy atom. The van der Waals surface area contributed by atoms with E-state index in [1.807, 2.05) is 31.2 Å². The molecule has 0 saturated heterocycles. The Morgan fingerprint density at radius 3 is 2.58 bits per heavy atom. The fourth-order valence-corrected chi connectivity index (χ4v) is 0.831. The van der Waals surface area contributed by atoms with Crippen molar-refractivity contribution >= 4 is 20.3 Å². The Labute approximate surface area is 78.6 Å². The molecule has 4 heteroatoms. The lowest BCUT2D eigenvalue weighted by molar-refractivity contribution is 0.308. The molecule has 0 saturated carbocycles. The van der Waals surface area contributed by atoms with Gasteiger partial charge in [0.05, 0.1) is 0 Å². The first-order chi connectivity index (χ1) is 5.83. The van der Waals surface area contributed by atoms with Crippen LogP contribution in [-0.2, 0) is 4.65 Å². The number of rotatable bonds is 4. The SMILES string of the molecule is CCO[B]Oc1ccc(S)cc1. The molecule has 0 spiro atoms. The Hall–Kier alpha value is -0.605. The Kier molecular flexibility index (Phi) is 4.04. The number of hydrogen-bond acceptors (Lipinski definition) is 3. The first-order valence-electron chi connectivity index (χ1n) is 3.72. The van der Waals surface area contributed by atoms with Crippen LogP contribution in [0.5, 0.6) is 5.75 Å². The van der Waals surface area contributed by atoms with Gasteiger partial charge in [0.1, 0.15) is 5.75 Å². The van der Waals surface area contributed by atoms with Crippen LogP contribution < -0.4 is 4.65 Å². The normalized spacial score (nSPS) is 9.50. The molecule has 1 radical (unpaired) electrons. The molecule has 63 valence electrons. The summed E-state index contributed by atoms with van der Waals surface area (Å²) in [5.41, 5.74) is 0. The van der Waals surface area contributed by atoms with E-state index < -0.39 is 0 Å². The molecule has 0 aliphatic carbocycles. The Morgan fingerprint density at radius 1 is 1.33 bits per heavy atom. The Bertz CT molecular complexity index is 225.